The van der Waals surface area contributed by atoms with Crippen LogP contribution in [0, 0.1) is 0 Å². The van der Waals surface area contributed by atoms with E-state index in [1.807, 2.05) is 18.2 Å². The summed E-state index contributed by atoms with van der Waals surface area (Å²) in [6, 6.07) is 15.6. The van der Waals surface area contributed by atoms with Crippen molar-refractivity contribution in [1.29, 1.82) is 0 Å². The fraction of sp³-hybridized carbons (Fsp3) is 0.235. The first-order chi connectivity index (χ1) is 9.85. The minimum Gasteiger partial charge on any atom is -0.488 e. The summed E-state index contributed by atoms with van der Waals surface area (Å²) in [7, 11) is 0. The summed E-state index contributed by atoms with van der Waals surface area (Å²) in [5, 5.41) is 0. The van der Waals surface area contributed by atoms with Crippen LogP contribution < -0.4 is 4.74 Å². The maximum atomic E-state index is 10.9. The topological polar surface area (TPSA) is 38.8 Å². The van der Waals surface area contributed by atoms with Crippen LogP contribution >= 0.6 is 0 Å². The zero-order valence-electron chi connectivity index (χ0n) is 11.1. The second kappa shape index (κ2) is 5.88. The molecule has 0 aliphatic carbocycles. The molecule has 1 aliphatic heterocycles. The maximum Gasteiger partial charge on any atom is 0.153 e. The molecule has 0 amide bonds. The lowest BCUT2D eigenvalue weighted by atomic mass is 10.1. The smallest absolute Gasteiger partial charge is 0.153 e. The third-order valence-corrected chi connectivity index (χ3v) is 3.33. The van der Waals surface area contributed by atoms with Gasteiger partial charge in [-0.25, -0.2) is 0 Å². The van der Waals surface area contributed by atoms with Crippen LogP contribution in [-0.2, 0) is 17.8 Å². The molecule has 1 heterocycles. The van der Waals surface area contributed by atoms with Gasteiger partial charge in [0.2, 0.25) is 0 Å². The summed E-state index contributed by atoms with van der Waals surface area (Å²) in [5.41, 5.74) is 2.95. The highest BCUT2D eigenvalue weighted by Crippen LogP contribution is 2.19. The number of hydrogen-bond acceptors (Lipinski definition) is 3. The number of para-hydroxylation sites is 1. The van der Waals surface area contributed by atoms with E-state index >= 15 is 0 Å². The molecular weight excluding hydrogens is 252 g/mol. The molecule has 0 saturated carbocycles. The summed E-state index contributed by atoms with van der Waals surface area (Å²) in [4.78, 5) is 10.9. The van der Waals surface area contributed by atoms with Gasteiger partial charge in [0.25, 0.3) is 0 Å². The Labute approximate surface area is 118 Å². The second-order valence-electron chi connectivity index (χ2n) is 4.92. The van der Waals surface area contributed by atoms with Crippen molar-refractivity contribution in [2.45, 2.75) is 19.1 Å². The highest BCUT2D eigenvalue weighted by molar-refractivity contribution is 5.79. The SMILES string of the molecule is O=Cc1ccccc1OCc1ccc(CC2CO2)cc1. The van der Waals surface area contributed by atoms with Gasteiger partial charge in [-0.3, -0.25) is 4.79 Å². The Morgan fingerprint density at radius 1 is 1.10 bits per heavy atom. The van der Waals surface area contributed by atoms with E-state index in [2.05, 4.69) is 24.3 Å². The predicted octanol–water partition coefficient (Wildman–Crippen LogP) is 3.02. The van der Waals surface area contributed by atoms with E-state index in [1.165, 1.54) is 5.56 Å². The number of carbonyl (C=O) groups is 1. The summed E-state index contributed by atoms with van der Waals surface area (Å²) >= 11 is 0. The van der Waals surface area contributed by atoms with Crippen molar-refractivity contribution in [3.05, 3.63) is 65.2 Å². The average Bonchev–Trinajstić information content (AvgIpc) is 3.31. The van der Waals surface area contributed by atoms with Gasteiger partial charge in [-0.15, -0.1) is 0 Å². The largest absolute Gasteiger partial charge is 0.488 e. The third-order valence-electron chi connectivity index (χ3n) is 3.33. The number of benzene rings is 2. The number of rotatable bonds is 6. The highest BCUT2D eigenvalue weighted by atomic mass is 16.6. The first-order valence-corrected chi connectivity index (χ1v) is 6.71. The van der Waals surface area contributed by atoms with Crippen LogP contribution in [0.25, 0.3) is 0 Å². The maximum absolute atomic E-state index is 10.9. The highest BCUT2D eigenvalue weighted by Gasteiger charge is 2.22. The molecule has 0 aromatic heterocycles. The number of aldehydes is 1. The summed E-state index contributed by atoms with van der Waals surface area (Å²) in [6.07, 6.45) is 2.21. The van der Waals surface area contributed by atoms with Gasteiger partial charge in [-0.2, -0.15) is 0 Å². The molecule has 3 nitrogen and oxygen atoms in total. The lowest BCUT2D eigenvalue weighted by Gasteiger charge is -2.08. The third kappa shape index (κ3) is 3.25. The molecule has 1 unspecified atom stereocenters. The molecular formula is C17H16O3. The first-order valence-electron chi connectivity index (χ1n) is 6.71. The molecule has 0 bridgehead atoms. The van der Waals surface area contributed by atoms with Gasteiger partial charge >= 0.3 is 0 Å². The molecule has 2 aromatic carbocycles. The van der Waals surface area contributed by atoms with Crippen molar-refractivity contribution in [2.75, 3.05) is 6.61 Å². The van der Waals surface area contributed by atoms with Gasteiger partial charge in [0.15, 0.2) is 6.29 Å². The van der Waals surface area contributed by atoms with E-state index in [0.717, 1.165) is 24.9 Å². The Balaban J connectivity index is 1.61. The van der Waals surface area contributed by atoms with E-state index in [4.69, 9.17) is 9.47 Å². The van der Waals surface area contributed by atoms with Crippen LogP contribution in [0.1, 0.15) is 21.5 Å². The first kappa shape index (κ1) is 12.9. The lowest BCUT2D eigenvalue weighted by Crippen LogP contribution is -1.99. The van der Waals surface area contributed by atoms with Crippen molar-refractivity contribution >= 4 is 6.29 Å². The van der Waals surface area contributed by atoms with Crippen molar-refractivity contribution in [1.82, 2.24) is 0 Å². The van der Waals surface area contributed by atoms with E-state index in [1.54, 1.807) is 6.07 Å². The fourth-order valence-electron chi connectivity index (χ4n) is 2.09. The molecule has 2 aromatic rings. The normalized spacial score (nSPS) is 16.7. The van der Waals surface area contributed by atoms with Crippen LogP contribution in [0.3, 0.4) is 0 Å². The summed E-state index contributed by atoms with van der Waals surface area (Å²) in [5.74, 6) is 0.623. The second-order valence-corrected chi connectivity index (χ2v) is 4.92. The average molecular weight is 268 g/mol. The minimum absolute atomic E-state index is 0.413. The molecule has 0 radical (unpaired) electrons. The molecule has 102 valence electrons. The fourth-order valence-corrected chi connectivity index (χ4v) is 2.09. The molecule has 20 heavy (non-hydrogen) atoms. The number of hydrogen-bond donors (Lipinski definition) is 0. The molecule has 1 fully saturated rings. The van der Waals surface area contributed by atoms with Crippen molar-refractivity contribution in [3.63, 3.8) is 0 Å². The summed E-state index contributed by atoms with van der Waals surface area (Å²) in [6.45, 7) is 1.35. The molecule has 1 saturated heterocycles. The Bertz CT molecular complexity index is 585. The van der Waals surface area contributed by atoms with Gasteiger partial charge in [0.1, 0.15) is 12.4 Å². The Kier molecular flexibility index (Phi) is 3.79. The number of ether oxygens (including phenoxy) is 2. The van der Waals surface area contributed by atoms with Gasteiger partial charge in [-0.05, 0) is 23.3 Å². The Hall–Kier alpha value is -2.13. The van der Waals surface area contributed by atoms with Crippen LogP contribution in [0.2, 0.25) is 0 Å². The van der Waals surface area contributed by atoms with Crippen molar-refractivity contribution < 1.29 is 14.3 Å². The zero-order valence-corrected chi connectivity index (χ0v) is 11.1. The minimum atomic E-state index is 0.413. The van der Waals surface area contributed by atoms with E-state index in [-0.39, 0.29) is 0 Å². The number of epoxide rings is 1. The van der Waals surface area contributed by atoms with Crippen LogP contribution in [0.4, 0.5) is 0 Å². The lowest BCUT2D eigenvalue weighted by molar-refractivity contribution is 0.111. The molecule has 1 atom stereocenters. The van der Waals surface area contributed by atoms with Gasteiger partial charge in [0, 0.05) is 6.42 Å². The van der Waals surface area contributed by atoms with E-state index in [9.17, 15) is 4.79 Å². The zero-order chi connectivity index (χ0) is 13.8. The standard InChI is InChI=1S/C17H16O3/c18-10-15-3-1-2-4-17(15)20-11-14-7-5-13(6-8-14)9-16-12-19-16/h1-8,10,16H,9,11-12H2. The van der Waals surface area contributed by atoms with Gasteiger partial charge < -0.3 is 9.47 Å². The van der Waals surface area contributed by atoms with Crippen molar-refractivity contribution in [3.8, 4) is 5.75 Å². The van der Waals surface area contributed by atoms with Crippen LogP contribution in [0.15, 0.2) is 48.5 Å². The number of carbonyl (C=O) groups excluding carboxylic acids is 1. The van der Waals surface area contributed by atoms with Crippen LogP contribution in [-0.4, -0.2) is 19.0 Å². The van der Waals surface area contributed by atoms with Gasteiger partial charge in [0.05, 0.1) is 18.3 Å². The van der Waals surface area contributed by atoms with E-state index in [0.29, 0.717) is 24.0 Å². The molecule has 3 heteroatoms. The predicted molar refractivity (Wildman–Crippen MR) is 76.0 cm³/mol. The Morgan fingerprint density at radius 3 is 2.50 bits per heavy atom. The van der Waals surface area contributed by atoms with Crippen molar-refractivity contribution in [2.24, 2.45) is 0 Å². The molecule has 1 aliphatic rings. The molecule has 3 rings (SSSR count). The van der Waals surface area contributed by atoms with Crippen LogP contribution in [0.5, 0.6) is 5.75 Å². The quantitative estimate of drug-likeness (QED) is 0.597. The Morgan fingerprint density at radius 2 is 1.80 bits per heavy atom. The van der Waals surface area contributed by atoms with E-state index < -0.39 is 0 Å². The summed E-state index contributed by atoms with van der Waals surface area (Å²) < 4.78 is 10.9. The van der Waals surface area contributed by atoms with Gasteiger partial charge in [-0.1, -0.05) is 36.4 Å². The molecule has 0 spiro atoms. The molecule has 0 N–H and O–H groups in total. The monoisotopic (exact) mass is 268 g/mol.